The lowest BCUT2D eigenvalue weighted by Crippen LogP contribution is -2.49. The van der Waals surface area contributed by atoms with E-state index in [9.17, 15) is 0 Å². The standard InChI is InChI=1S/C16H26N4O/c1-18-8-14(7-17-18)9-19-4-5-20-11-16(6-15(20)10-19)21-12-13-2-3-13/h7-8,13,15-16H,2-6,9-12H2,1H3/t15-,16-/m0/s1. The van der Waals surface area contributed by atoms with Crippen LogP contribution in [-0.4, -0.2) is 64.5 Å². The number of fused-ring (bicyclic) bond motifs is 1. The molecule has 1 aliphatic carbocycles. The minimum absolute atomic E-state index is 0.481. The molecule has 0 spiro atoms. The van der Waals surface area contributed by atoms with Gasteiger partial charge in [0, 0.05) is 64.2 Å². The molecule has 0 amide bonds. The second-order valence-electron chi connectivity index (χ2n) is 7.04. The van der Waals surface area contributed by atoms with Crippen molar-refractivity contribution in [2.24, 2.45) is 13.0 Å². The van der Waals surface area contributed by atoms with Gasteiger partial charge in [0.15, 0.2) is 0 Å². The molecule has 1 aromatic rings. The molecule has 0 unspecified atom stereocenters. The summed E-state index contributed by atoms with van der Waals surface area (Å²) in [5, 5.41) is 4.27. The van der Waals surface area contributed by atoms with E-state index in [0.29, 0.717) is 12.1 Å². The van der Waals surface area contributed by atoms with Crippen molar-refractivity contribution in [2.75, 3.05) is 32.8 Å². The van der Waals surface area contributed by atoms with E-state index in [2.05, 4.69) is 21.1 Å². The molecule has 21 heavy (non-hydrogen) atoms. The molecule has 4 rings (SSSR count). The highest BCUT2D eigenvalue weighted by molar-refractivity contribution is 5.04. The van der Waals surface area contributed by atoms with Gasteiger partial charge in [-0.05, 0) is 25.2 Å². The normalized spacial score (nSPS) is 30.7. The molecule has 2 aliphatic heterocycles. The van der Waals surface area contributed by atoms with Gasteiger partial charge in [0.1, 0.15) is 0 Å². The summed E-state index contributed by atoms with van der Waals surface area (Å²) < 4.78 is 7.99. The van der Waals surface area contributed by atoms with Crippen LogP contribution in [0.3, 0.4) is 0 Å². The van der Waals surface area contributed by atoms with E-state index in [-0.39, 0.29) is 0 Å². The molecule has 1 saturated carbocycles. The summed E-state index contributed by atoms with van der Waals surface area (Å²) in [5.74, 6) is 0.879. The Morgan fingerprint density at radius 3 is 2.95 bits per heavy atom. The molecule has 0 aromatic carbocycles. The number of aromatic nitrogens is 2. The average Bonchev–Trinajstić information content (AvgIpc) is 3.08. The van der Waals surface area contributed by atoms with Crippen molar-refractivity contribution in [3.05, 3.63) is 18.0 Å². The first-order chi connectivity index (χ1) is 10.3. The zero-order valence-electron chi connectivity index (χ0n) is 12.9. The SMILES string of the molecule is Cn1cc(CN2CCN3C[C@@H](OCC4CC4)C[C@H]3C2)cn1. The second kappa shape index (κ2) is 5.71. The third-order valence-electron chi connectivity index (χ3n) is 5.09. The monoisotopic (exact) mass is 290 g/mol. The highest BCUT2D eigenvalue weighted by atomic mass is 16.5. The van der Waals surface area contributed by atoms with Crippen LogP contribution in [0.1, 0.15) is 24.8 Å². The fraction of sp³-hybridized carbons (Fsp3) is 0.812. The average molecular weight is 290 g/mol. The maximum absolute atomic E-state index is 6.10. The Morgan fingerprint density at radius 2 is 2.19 bits per heavy atom. The van der Waals surface area contributed by atoms with Crippen LogP contribution in [0.2, 0.25) is 0 Å². The fourth-order valence-corrected chi connectivity index (χ4v) is 3.69. The summed E-state index contributed by atoms with van der Waals surface area (Å²) in [6.45, 7) is 6.72. The first-order valence-corrected chi connectivity index (χ1v) is 8.32. The van der Waals surface area contributed by atoms with Crippen molar-refractivity contribution >= 4 is 0 Å². The Hall–Kier alpha value is -0.910. The van der Waals surface area contributed by atoms with Crippen molar-refractivity contribution in [3.8, 4) is 0 Å². The summed E-state index contributed by atoms with van der Waals surface area (Å²) in [6, 6.07) is 0.694. The maximum Gasteiger partial charge on any atom is 0.0717 e. The Kier molecular flexibility index (Phi) is 3.73. The third-order valence-corrected chi connectivity index (χ3v) is 5.09. The van der Waals surface area contributed by atoms with Crippen LogP contribution in [-0.2, 0) is 18.3 Å². The summed E-state index contributed by atoms with van der Waals surface area (Å²) >= 11 is 0. The number of ether oxygens (including phenoxy) is 1. The molecule has 5 heteroatoms. The molecule has 116 valence electrons. The number of hydrogen-bond acceptors (Lipinski definition) is 4. The van der Waals surface area contributed by atoms with E-state index in [1.54, 1.807) is 0 Å². The van der Waals surface area contributed by atoms with E-state index < -0.39 is 0 Å². The molecule has 3 heterocycles. The largest absolute Gasteiger partial charge is 0.377 e. The van der Waals surface area contributed by atoms with Crippen molar-refractivity contribution in [1.82, 2.24) is 19.6 Å². The Bertz CT molecular complexity index is 484. The van der Waals surface area contributed by atoms with Gasteiger partial charge >= 0.3 is 0 Å². The summed E-state index contributed by atoms with van der Waals surface area (Å²) in [5.41, 5.74) is 1.32. The van der Waals surface area contributed by atoms with E-state index in [1.807, 2.05) is 17.9 Å². The van der Waals surface area contributed by atoms with Crippen LogP contribution in [0.4, 0.5) is 0 Å². The fourth-order valence-electron chi connectivity index (χ4n) is 3.69. The number of hydrogen-bond donors (Lipinski definition) is 0. The number of piperazine rings is 1. The molecule has 0 radical (unpaired) electrons. The first kappa shape index (κ1) is 13.7. The van der Waals surface area contributed by atoms with E-state index in [4.69, 9.17) is 4.74 Å². The van der Waals surface area contributed by atoms with Crippen LogP contribution < -0.4 is 0 Å². The molecular formula is C16H26N4O. The number of rotatable bonds is 5. The molecule has 1 aromatic heterocycles. The van der Waals surface area contributed by atoms with Gasteiger partial charge in [-0.15, -0.1) is 0 Å². The van der Waals surface area contributed by atoms with E-state index >= 15 is 0 Å². The van der Waals surface area contributed by atoms with Crippen LogP contribution in [0.15, 0.2) is 12.4 Å². The van der Waals surface area contributed by atoms with Gasteiger partial charge in [-0.3, -0.25) is 14.5 Å². The zero-order chi connectivity index (χ0) is 14.2. The predicted octanol–water partition coefficient (Wildman–Crippen LogP) is 1.11. The number of nitrogens with zero attached hydrogens (tertiary/aromatic N) is 4. The molecule has 3 aliphatic rings. The van der Waals surface area contributed by atoms with Gasteiger partial charge in [-0.1, -0.05) is 0 Å². The maximum atomic E-state index is 6.10. The number of aryl methyl sites for hydroxylation is 1. The smallest absolute Gasteiger partial charge is 0.0717 e. The molecule has 3 fully saturated rings. The Balaban J connectivity index is 1.28. The molecule has 5 nitrogen and oxygen atoms in total. The van der Waals surface area contributed by atoms with Crippen molar-refractivity contribution in [1.29, 1.82) is 0 Å². The van der Waals surface area contributed by atoms with Crippen LogP contribution in [0.5, 0.6) is 0 Å². The van der Waals surface area contributed by atoms with E-state index in [1.165, 1.54) is 44.5 Å². The highest BCUT2D eigenvalue weighted by Gasteiger charge is 2.37. The summed E-state index contributed by atoms with van der Waals surface area (Å²) in [4.78, 5) is 5.21. The second-order valence-corrected chi connectivity index (χ2v) is 7.04. The lowest BCUT2D eigenvalue weighted by Gasteiger charge is -2.37. The molecule has 0 bridgehead atoms. The quantitative estimate of drug-likeness (QED) is 0.813. The first-order valence-electron chi connectivity index (χ1n) is 8.32. The topological polar surface area (TPSA) is 33.5 Å². The third kappa shape index (κ3) is 3.30. The molecule has 2 atom stereocenters. The highest BCUT2D eigenvalue weighted by Crippen LogP contribution is 2.31. The lowest BCUT2D eigenvalue weighted by molar-refractivity contribution is 0.0508. The van der Waals surface area contributed by atoms with Crippen molar-refractivity contribution in [2.45, 2.75) is 38.0 Å². The van der Waals surface area contributed by atoms with Gasteiger partial charge in [0.2, 0.25) is 0 Å². The molecular weight excluding hydrogens is 264 g/mol. The van der Waals surface area contributed by atoms with Gasteiger partial charge in [-0.25, -0.2) is 0 Å². The van der Waals surface area contributed by atoms with Gasteiger partial charge in [-0.2, -0.15) is 5.10 Å². The summed E-state index contributed by atoms with van der Waals surface area (Å²) in [6.07, 6.45) is 8.59. The summed E-state index contributed by atoms with van der Waals surface area (Å²) in [7, 11) is 1.99. The van der Waals surface area contributed by atoms with Gasteiger partial charge in [0.05, 0.1) is 12.3 Å². The molecule has 2 saturated heterocycles. The van der Waals surface area contributed by atoms with Gasteiger partial charge in [0.25, 0.3) is 0 Å². The Morgan fingerprint density at radius 1 is 1.29 bits per heavy atom. The minimum atomic E-state index is 0.481. The Labute approximate surface area is 126 Å². The lowest BCUT2D eigenvalue weighted by atomic mass is 10.1. The predicted molar refractivity (Wildman–Crippen MR) is 80.9 cm³/mol. The molecule has 0 N–H and O–H groups in total. The van der Waals surface area contributed by atoms with Gasteiger partial charge < -0.3 is 4.74 Å². The van der Waals surface area contributed by atoms with Crippen LogP contribution in [0.25, 0.3) is 0 Å². The van der Waals surface area contributed by atoms with Crippen molar-refractivity contribution < 1.29 is 4.74 Å². The minimum Gasteiger partial charge on any atom is -0.377 e. The van der Waals surface area contributed by atoms with Crippen molar-refractivity contribution in [3.63, 3.8) is 0 Å². The van der Waals surface area contributed by atoms with E-state index in [0.717, 1.165) is 25.6 Å². The van der Waals surface area contributed by atoms with Crippen LogP contribution in [0, 0.1) is 5.92 Å². The van der Waals surface area contributed by atoms with Crippen LogP contribution >= 0.6 is 0 Å². The zero-order valence-corrected chi connectivity index (χ0v) is 12.9.